The van der Waals surface area contributed by atoms with Crippen LogP contribution < -0.4 is 59.1 Å². The number of rotatable bonds is 2. The van der Waals surface area contributed by atoms with Crippen LogP contribution in [0, 0.1) is 0 Å². The van der Waals surface area contributed by atoms with Gasteiger partial charge in [-0.3, -0.25) is 0 Å². The molecule has 0 saturated carbocycles. The minimum atomic E-state index is -5.03. The van der Waals surface area contributed by atoms with Crippen molar-refractivity contribution in [1.82, 2.24) is 0 Å². The second kappa shape index (κ2) is 7.55. The van der Waals surface area contributed by atoms with E-state index < -0.39 is 30.0 Å². The van der Waals surface area contributed by atoms with E-state index in [-0.39, 0.29) is 103 Å². The van der Waals surface area contributed by atoms with E-state index in [1.165, 1.54) is 18.2 Å². The molecule has 4 rings (SSSR count). The van der Waals surface area contributed by atoms with Crippen LogP contribution in [-0.4, -0.2) is 36.2 Å². The second-order valence-corrected chi connectivity index (χ2v) is 8.46. The van der Waals surface area contributed by atoms with Gasteiger partial charge in [0.2, 0.25) is 0 Å². The molecule has 28 heavy (non-hydrogen) atoms. The predicted octanol–water partition coefficient (Wildman–Crippen LogP) is -4.19. The van der Waals surface area contributed by atoms with Crippen molar-refractivity contribution in [2.75, 3.05) is 0 Å². The molecule has 0 fully saturated rings. The number of phenolic OH excluding ortho intramolecular Hbond substituents is 2. The van der Waals surface area contributed by atoms with Gasteiger partial charge in [0.15, 0.2) is 0 Å². The van der Waals surface area contributed by atoms with Crippen LogP contribution in [0.15, 0.2) is 46.2 Å². The number of benzene rings is 4. The summed E-state index contributed by atoms with van der Waals surface area (Å²) in [7, 11) is -10.0. The van der Waals surface area contributed by atoms with Gasteiger partial charge in [-0.1, -0.05) is 0 Å². The van der Waals surface area contributed by atoms with E-state index in [0.717, 1.165) is 18.2 Å². The van der Waals surface area contributed by atoms with Crippen LogP contribution in [0.2, 0.25) is 0 Å². The van der Waals surface area contributed by atoms with Gasteiger partial charge in [0.05, 0.1) is 9.79 Å². The first-order valence-electron chi connectivity index (χ1n) is 7.08. The molecule has 0 aromatic heterocycles. The largest absolute Gasteiger partial charge is 1.00 e. The monoisotopic (exact) mass is 438 g/mol. The first-order valence-corrected chi connectivity index (χ1v) is 9.90. The normalized spacial score (nSPS) is 12.2. The van der Waals surface area contributed by atoms with Crippen LogP contribution in [0.5, 0.6) is 11.5 Å². The van der Waals surface area contributed by atoms with Gasteiger partial charge in [-0.05, 0) is 36.4 Å². The zero-order chi connectivity index (χ0) is 19.0. The zero-order valence-corrected chi connectivity index (χ0v) is 20.3. The summed E-state index contributed by atoms with van der Waals surface area (Å²) in [5.41, 5.74) is 0. The first kappa shape index (κ1) is 23.6. The second-order valence-electron chi connectivity index (χ2n) is 5.77. The van der Waals surface area contributed by atoms with Crippen molar-refractivity contribution in [3.63, 3.8) is 0 Å². The van der Waals surface area contributed by atoms with Crippen LogP contribution >= 0.6 is 0 Å². The summed E-state index contributed by atoms with van der Waals surface area (Å²) < 4.78 is 69.9. The summed E-state index contributed by atoms with van der Waals surface area (Å²) >= 11 is 0. The molecular weight excluding hydrogens is 430 g/mol. The smallest absolute Gasteiger partial charge is 0.744 e. The van der Waals surface area contributed by atoms with E-state index in [1.54, 1.807) is 0 Å². The molecule has 8 nitrogen and oxygen atoms in total. The Labute approximate surface area is 203 Å². The molecule has 0 atom stereocenters. The molecule has 0 spiro atoms. The Morgan fingerprint density at radius 2 is 1.14 bits per heavy atom. The number of hydrogen-bond donors (Lipinski definition) is 2. The Morgan fingerprint density at radius 1 is 0.607 bits per heavy atom. The van der Waals surface area contributed by atoms with Crippen LogP contribution in [0.3, 0.4) is 0 Å². The van der Waals surface area contributed by atoms with Gasteiger partial charge in [-0.2, -0.15) is 0 Å². The fourth-order valence-electron chi connectivity index (χ4n) is 3.30. The Hall–Kier alpha value is -0.660. The molecule has 0 radical (unpaired) electrons. The first-order chi connectivity index (χ1) is 12.0. The van der Waals surface area contributed by atoms with Gasteiger partial charge < -0.3 is 19.3 Å². The quantitative estimate of drug-likeness (QED) is 0.181. The standard InChI is InChI=1S/C16H10O8S2.2Na/c17-11-3-1-8-14(26(22,23)24)6-10-13(25(19,20)21)4-2-7-12(18)5-9(11)16(8)15(7)10;;/h1-6,17-18H,(H,19,20,21)(H,22,23,24);;/q;2*+1/p-2. The average Bonchev–Trinajstić information content (AvgIpc) is 2.52. The van der Waals surface area contributed by atoms with E-state index in [0.29, 0.717) is 0 Å². The molecule has 4 aromatic rings. The topological polar surface area (TPSA) is 155 Å². The number of hydrogen-bond acceptors (Lipinski definition) is 8. The Bertz CT molecular complexity index is 1450. The fourth-order valence-corrected chi connectivity index (χ4v) is 4.67. The Balaban J connectivity index is 0.00000140. The molecule has 12 heteroatoms. The molecular formula is C16H8Na2O8S2. The maximum Gasteiger partial charge on any atom is 1.00 e. The molecule has 0 saturated heterocycles. The molecule has 0 bridgehead atoms. The van der Waals surface area contributed by atoms with Crippen molar-refractivity contribution < 1.29 is 95.3 Å². The van der Waals surface area contributed by atoms with E-state index in [9.17, 15) is 36.2 Å². The van der Waals surface area contributed by atoms with Crippen LogP contribution in [0.1, 0.15) is 0 Å². The maximum atomic E-state index is 11.7. The van der Waals surface area contributed by atoms with Crippen LogP contribution in [-0.2, 0) is 20.2 Å². The third-order valence-corrected chi connectivity index (χ3v) is 6.09. The molecule has 134 valence electrons. The number of phenols is 2. The van der Waals surface area contributed by atoms with Crippen LogP contribution in [0.4, 0.5) is 0 Å². The molecule has 0 heterocycles. The van der Waals surface area contributed by atoms with E-state index in [4.69, 9.17) is 0 Å². The van der Waals surface area contributed by atoms with Crippen molar-refractivity contribution in [3.05, 3.63) is 36.4 Å². The average molecular weight is 438 g/mol. The van der Waals surface area contributed by atoms with Gasteiger partial charge in [-0.25, -0.2) is 16.8 Å². The van der Waals surface area contributed by atoms with E-state index in [2.05, 4.69) is 0 Å². The van der Waals surface area contributed by atoms with Gasteiger partial charge in [0, 0.05) is 32.3 Å². The van der Waals surface area contributed by atoms with Gasteiger partial charge in [0.1, 0.15) is 31.7 Å². The van der Waals surface area contributed by atoms with E-state index in [1.807, 2.05) is 0 Å². The predicted molar refractivity (Wildman–Crippen MR) is 89.4 cm³/mol. The number of aromatic hydroxyl groups is 2. The summed E-state index contributed by atoms with van der Waals surface area (Å²) in [6.45, 7) is 0. The van der Waals surface area contributed by atoms with Crippen LogP contribution in [0.25, 0.3) is 32.3 Å². The van der Waals surface area contributed by atoms with Gasteiger partial charge in [0.25, 0.3) is 0 Å². The fraction of sp³-hybridized carbons (Fsp3) is 0. The zero-order valence-electron chi connectivity index (χ0n) is 14.6. The molecule has 0 aliphatic carbocycles. The Kier molecular flexibility index (Phi) is 6.37. The molecule has 0 aliphatic heterocycles. The molecule has 0 unspecified atom stereocenters. The third kappa shape index (κ3) is 3.52. The van der Waals surface area contributed by atoms with Gasteiger partial charge in [-0.15, -0.1) is 0 Å². The van der Waals surface area contributed by atoms with Crippen molar-refractivity contribution >= 4 is 52.6 Å². The van der Waals surface area contributed by atoms with Crippen molar-refractivity contribution in [2.45, 2.75) is 9.79 Å². The minimum absolute atomic E-state index is 0. The molecule has 0 amide bonds. The van der Waals surface area contributed by atoms with Crippen molar-refractivity contribution in [1.29, 1.82) is 0 Å². The summed E-state index contributed by atoms with van der Waals surface area (Å²) in [6.07, 6.45) is 0. The maximum absolute atomic E-state index is 11.7. The molecule has 0 aliphatic rings. The summed E-state index contributed by atoms with van der Waals surface area (Å²) in [5.74, 6) is -0.621. The summed E-state index contributed by atoms with van der Waals surface area (Å²) in [5, 5.41) is 20.2. The molecule has 2 N–H and O–H groups in total. The van der Waals surface area contributed by atoms with Crippen molar-refractivity contribution in [2.24, 2.45) is 0 Å². The SMILES string of the molecule is O=S(=O)([O-])c1cc2c(S(=O)(=O)[O-])ccc3c(O)cc4c(O)ccc1c4c32.[Na+].[Na+]. The molecule has 4 aromatic carbocycles. The summed E-state index contributed by atoms with van der Waals surface area (Å²) in [6, 6.07) is 6.49. The minimum Gasteiger partial charge on any atom is -0.744 e. The van der Waals surface area contributed by atoms with E-state index >= 15 is 0 Å². The Morgan fingerprint density at radius 3 is 1.71 bits per heavy atom. The summed E-state index contributed by atoms with van der Waals surface area (Å²) in [4.78, 5) is -1.45. The van der Waals surface area contributed by atoms with Crippen molar-refractivity contribution in [3.8, 4) is 11.5 Å². The van der Waals surface area contributed by atoms with Gasteiger partial charge >= 0.3 is 59.1 Å². The third-order valence-electron chi connectivity index (χ3n) is 4.31.